The number of aromatic nitrogens is 2. The number of nitrogens with zero attached hydrogens (tertiary/aromatic N) is 4. The number of carbonyl (C=O) groups is 1. The Labute approximate surface area is 159 Å². The molecule has 0 radical (unpaired) electrons. The highest BCUT2D eigenvalue weighted by atomic mass is 32.1. The maximum Gasteiger partial charge on any atom is 0.293 e. The van der Waals surface area contributed by atoms with Crippen LogP contribution in [0.4, 0.5) is 17.1 Å². The van der Waals surface area contributed by atoms with E-state index in [0.717, 1.165) is 44.1 Å². The summed E-state index contributed by atoms with van der Waals surface area (Å²) >= 11 is 1.07. The molecule has 27 heavy (non-hydrogen) atoms. The summed E-state index contributed by atoms with van der Waals surface area (Å²) in [5.41, 5.74) is 2.61. The number of rotatable bonds is 4. The topological polar surface area (TPSA) is 101 Å². The number of fused-ring (bicyclic) bond motifs is 1. The van der Waals surface area contributed by atoms with Crippen LogP contribution in [0.5, 0.6) is 0 Å². The van der Waals surface area contributed by atoms with Gasteiger partial charge in [0.1, 0.15) is 16.7 Å². The van der Waals surface area contributed by atoms with Crippen LogP contribution in [0.15, 0.2) is 36.4 Å². The Morgan fingerprint density at radius 2 is 1.96 bits per heavy atom. The molecule has 1 aliphatic heterocycles. The Balaban J connectivity index is 1.63. The van der Waals surface area contributed by atoms with E-state index in [0.29, 0.717) is 22.4 Å². The summed E-state index contributed by atoms with van der Waals surface area (Å²) in [5.74, 6) is -0.413. The van der Waals surface area contributed by atoms with Crippen LogP contribution in [0.2, 0.25) is 0 Å². The van der Waals surface area contributed by atoms with Crippen molar-refractivity contribution in [3.05, 3.63) is 52.1 Å². The van der Waals surface area contributed by atoms with Crippen LogP contribution in [0.25, 0.3) is 11.0 Å². The normalized spacial score (nSPS) is 14.3. The van der Waals surface area contributed by atoms with Crippen molar-refractivity contribution in [3.63, 3.8) is 0 Å². The molecule has 0 bridgehead atoms. The van der Waals surface area contributed by atoms with Gasteiger partial charge in [-0.15, -0.1) is 0 Å². The highest BCUT2D eigenvalue weighted by Crippen LogP contribution is 2.32. The molecule has 0 aliphatic carbocycles. The van der Waals surface area contributed by atoms with Gasteiger partial charge in [0.05, 0.1) is 22.3 Å². The maximum absolute atomic E-state index is 12.6. The monoisotopic (exact) mass is 383 g/mol. The second-order valence-corrected chi connectivity index (χ2v) is 6.93. The Morgan fingerprint density at radius 1 is 1.15 bits per heavy atom. The molecule has 0 atom stereocenters. The SMILES string of the molecule is O=C(Nc1cccc2nsnc12)c1ccc(N2CCCCC2)c([N+](=O)[O-])c1. The number of nitrogens with one attached hydrogen (secondary N) is 1. The van der Waals surface area contributed by atoms with Gasteiger partial charge in [-0.1, -0.05) is 6.07 Å². The van der Waals surface area contributed by atoms with Crippen molar-refractivity contribution in [2.45, 2.75) is 19.3 Å². The number of hydrogen-bond donors (Lipinski definition) is 1. The fourth-order valence-corrected chi connectivity index (χ4v) is 3.86. The van der Waals surface area contributed by atoms with Crippen molar-refractivity contribution in [2.75, 3.05) is 23.3 Å². The van der Waals surface area contributed by atoms with Gasteiger partial charge >= 0.3 is 0 Å². The van der Waals surface area contributed by atoms with Gasteiger partial charge in [0.25, 0.3) is 11.6 Å². The highest BCUT2D eigenvalue weighted by Gasteiger charge is 2.23. The van der Waals surface area contributed by atoms with Crippen LogP contribution in [0.3, 0.4) is 0 Å². The number of carbonyl (C=O) groups excluding carboxylic acids is 1. The zero-order valence-corrected chi connectivity index (χ0v) is 15.2. The summed E-state index contributed by atoms with van der Waals surface area (Å²) in [5, 5.41) is 14.3. The number of hydrogen-bond acceptors (Lipinski definition) is 7. The number of nitro benzene ring substituents is 1. The van der Waals surface area contributed by atoms with E-state index in [2.05, 4.69) is 14.1 Å². The van der Waals surface area contributed by atoms with E-state index in [1.54, 1.807) is 24.3 Å². The molecule has 1 amide bonds. The molecular formula is C18H17N5O3S. The molecule has 2 heterocycles. The van der Waals surface area contributed by atoms with Crippen molar-refractivity contribution in [3.8, 4) is 0 Å². The van der Waals surface area contributed by atoms with Crippen molar-refractivity contribution < 1.29 is 9.72 Å². The van der Waals surface area contributed by atoms with E-state index in [1.165, 1.54) is 6.07 Å². The van der Waals surface area contributed by atoms with Crippen molar-refractivity contribution >= 4 is 45.7 Å². The molecular weight excluding hydrogens is 366 g/mol. The smallest absolute Gasteiger partial charge is 0.293 e. The van der Waals surface area contributed by atoms with E-state index < -0.39 is 10.8 Å². The predicted molar refractivity (Wildman–Crippen MR) is 105 cm³/mol. The zero-order valence-electron chi connectivity index (χ0n) is 14.4. The fourth-order valence-electron chi connectivity index (χ4n) is 3.31. The molecule has 2 aromatic carbocycles. The first-order chi connectivity index (χ1) is 13.1. The molecule has 1 N–H and O–H groups in total. The second kappa shape index (κ2) is 7.28. The van der Waals surface area contributed by atoms with E-state index in [9.17, 15) is 14.9 Å². The molecule has 8 nitrogen and oxygen atoms in total. The molecule has 3 aromatic rings. The molecule has 0 saturated carbocycles. The summed E-state index contributed by atoms with van der Waals surface area (Å²) in [6.45, 7) is 1.59. The number of nitro groups is 1. The van der Waals surface area contributed by atoms with Crippen LogP contribution in [0.1, 0.15) is 29.6 Å². The quantitative estimate of drug-likeness (QED) is 0.542. The minimum Gasteiger partial charge on any atom is -0.366 e. The van der Waals surface area contributed by atoms with Gasteiger partial charge in [-0.25, -0.2) is 0 Å². The lowest BCUT2D eigenvalue weighted by Crippen LogP contribution is -2.30. The largest absolute Gasteiger partial charge is 0.366 e. The van der Waals surface area contributed by atoms with Crippen LogP contribution in [-0.2, 0) is 0 Å². The Bertz CT molecular complexity index is 1010. The van der Waals surface area contributed by atoms with E-state index in [4.69, 9.17) is 0 Å². The van der Waals surface area contributed by atoms with Gasteiger partial charge in [-0.3, -0.25) is 14.9 Å². The van der Waals surface area contributed by atoms with Gasteiger partial charge in [0.2, 0.25) is 0 Å². The lowest BCUT2D eigenvalue weighted by molar-refractivity contribution is -0.384. The van der Waals surface area contributed by atoms with Gasteiger partial charge < -0.3 is 10.2 Å². The van der Waals surface area contributed by atoms with Crippen LogP contribution < -0.4 is 10.2 Å². The van der Waals surface area contributed by atoms with Crippen LogP contribution in [-0.4, -0.2) is 32.7 Å². The molecule has 9 heteroatoms. The second-order valence-electron chi connectivity index (χ2n) is 6.40. The molecule has 1 fully saturated rings. The summed E-state index contributed by atoms with van der Waals surface area (Å²) < 4.78 is 8.33. The Morgan fingerprint density at radius 3 is 2.74 bits per heavy atom. The van der Waals surface area contributed by atoms with Crippen molar-refractivity contribution in [2.24, 2.45) is 0 Å². The molecule has 4 rings (SSSR count). The molecule has 0 unspecified atom stereocenters. The van der Waals surface area contributed by atoms with Crippen LogP contribution in [0, 0.1) is 10.1 Å². The standard InChI is InChI=1S/C18H17N5O3S/c24-18(19-13-5-4-6-14-17(13)21-27-20-14)12-7-8-15(16(11-12)23(25)26)22-9-2-1-3-10-22/h4-8,11H,1-3,9-10H2,(H,19,24). The fraction of sp³-hybridized carbons (Fsp3) is 0.278. The first kappa shape index (κ1) is 17.3. The number of benzene rings is 2. The van der Waals surface area contributed by atoms with E-state index in [1.807, 2.05) is 11.0 Å². The number of anilines is 2. The summed E-state index contributed by atoms with van der Waals surface area (Å²) in [6, 6.07) is 9.97. The lowest BCUT2D eigenvalue weighted by atomic mass is 10.1. The first-order valence-electron chi connectivity index (χ1n) is 8.69. The summed E-state index contributed by atoms with van der Waals surface area (Å²) in [7, 11) is 0. The van der Waals surface area contributed by atoms with Gasteiger partial charge in [-0.05, 0) is 43.5 Å². The highest BCUT2D eigenvalue weighted by molar-refractivity contribution is 7.00. The molecule has 1 aliphatic rings. The zero-order chi connectivity index (χ0) is 18.8. The third kappa shape index (κ3) is 3.45. The average molecular weight is 383 g/mol. The molecule has 1 saturated heterocycles. The van der Waals surface area contributed by atoms with Crippen molar-refractivity contribution in [1.82, 2.24) is 8.75 Å². The third-order valence-corrected chi connectivity index (χ3v) is 5.21. The first-order valence-corrected chi connectivity index (χ1v) is 9.42. The molecule has 138 valence electrons. The predicted octanol–water partition coefficient (Wildman–Crippen LogP) is 3.84. The van der Waals surface area contributed by atoms with E-state index >= 15 is 0 Å². The number of amides is 1. The van der Waals surface area contributed by atoms with Gasteiger partial charge in [0, 0.05) is 24.7 Å². The minimum absolute atomic E-state index is 0.0434. The Hall–Kier alpha value is -3.07. The Kier molecular flexibility index (Phi) is 4.68. The van der Waals surface area contributed by atoms with E-state index in [-0.39, 0.29) is 11.3 Å². The molecule has 1 aromatic heterocycles. The summed E-state index contributed by atoms with van der Waals surface area (Å²) in [6.07, 6.45) is 3.18. The van der Waals surface area contributed by atoms with Crippen LogP contribution >= 0.6 is 11.7 Å². The van der Waals surface area contributed by atoms with Crippen molar-refractivity contribution in [1.29, 1.82) is 0 Å². The minimum atomic E-state index is -0.425. The average Bonchev–Trinajstić information content (AvgIpc) is 3.18. The number of piperidine rings is 1. The third-order valence-electron chi connectivity index (χ3n) is 4.67. The molecule has 0 spiro atoms. The lowest BCUT2D eigenvalue weighted by Gasteiger charge is -2.28. The maximum atomic E-state index is 12.6. The van der Waals surface area contributed by atoms with Gasteiger partial charge in [-0.2, -0.15) is 8.75 Å². The van der Waals surface area contributed by atoms with Gasteiger partial charge in [0.15, 0.2) is 0 Å². The summed E-state index contributed by atoms with van der Waals surface area (Å²) in [4.78, 5) is 25.8.